The van der Waals surface area contributed by atoms with Crippen LogP contribution in [0.15, 0.2) is 6.33 Å². The van der Waals surface area contributed by atoms with Gasteiger partial charge < -0.3 is 25.7 Å². The summed E-state index contributed by atoms with van der Waals surface area (Å²) in [6.07, 6.45) is 0.179. The lowest BCUT2D eigenvalue weighted by Crippen LogP contribution is -2.24. The van der Waals surface area contributed by atoms with E-state index in [4.69, 9.17) is 27.8 Å². The van der Waals surface area contributed by atoms with Crippen LogP contribution in [0.1, 0.15) is 12.6 Å². The summed E-state index contributed by atoms with van der Waals surface area (Å²) >= 11 is 5.08. The van der Waals surface area contributed by atoms with E-state index >= 15 is 0 Å². The van der Waals surface area contributed by atoms with Gasteiger partial charge in [-0.15, -0.1) is 0 Å². The number of hydrogen-bond donors (Lipinski definition) is 4. The molecule has 102 valence electrons. The molecule has 3 heterocycles. The van der Waals surface area contributed by atoms with Gasteiger partial charge in [0.2, 0.25) is 0 Å². The number of aliphatic hydroxyl groups excluding tert-OH is 2. The molecule has 0 saturated carbocycles. The molecule has 1 unspecified atom stereocenters. The molecule has 0 aliphatic carbocycles. The number of anilines is 1. The van der Waals surface area contributed by atoms with E-state index in [2.05, 4.69) is 15.0 Å². The van der Waals surface area contributed by atoms with Gasteiger partial charge in [-0.1, -0.05) is 12.2 Å². The first-order chi connectivity index (χ1) is 9.10. The minimum Gasteiger partial charge on any atom is -0.394 e. The van der Waals surface area contributed by atoms with Gasteiger partial charge in [0.25, 0.3) is 0 Å². The van der Waals surface area contributed by atoms with E-state index in [-0.39, 0.29) is 12.6 Å². The summed E-state index contributed by atoms with van der Waals surface area (Å²) in [7, 11) is 0. The van der Waals surface area contributed by atoms with Gasteiger partial charge >= 0.3 is 0 Å². The highest BCUT2D eigenvalue weighted by Gasteiger charge is 2.35. The highest BCUT2D eigenvalue weighted by Crippen LogP contribution is 2.30. The molecule has 3 rings (SSSR count). The SMILES string of the molecule is Nc1nc(=S)c2ncn([C@H]3C[C@H](O)C(CO)O3)c2[nH]1. The fraction of sp³-hybridized carbons (Fsp3) is 0.500. The van der Waals surface area contributed by atoms with Crippen LogP contribution in [0.5, 0.6) is 0 Å². The quantitative estimate of drug-likeness (QED) is 0.559. The summed E-state index contributed by atoms with van der Waals surface area (Å²) < 4.78 is 7.57. The zero-order valence-corrected chi connectivity index (χ0v) is 10.7. The second-order valence-corrected chi connectivity index (χ2v) is 4.78. The molecular formula is C10H13N5O3S. The van der Waals surface area contributed by atoms with Gasteiger partial charge in [-0.05, 0) is 0 Å². The first-order valence-electron chi connectivity index (χ1n) is 5.77. The molecule has 8 nitrogen and oxygen atoms in total. The van der Waals surface area contributed by atoms with Crippen LogP contribution in [-0.2, 0) is 4.74 Å². The van der Waals surface area contributed by atoms with Crippen molar-refractivity contribution in [3.05, 3.63) is 11.0 Å². The smallest absolute Gasteiger partial charge is 0.200 e. The van der Waals surface area contributed by atoms with Crippen molar-refractivity contribution in [1.82, 2.24) is 19.5 Å². The molecule has 0 radical (unpaired) electrons. The van der Waals surface area contributed by atoms with E-state index in [0.29, 0.717) is 22.2 Å². The molecule has 0 spiro atoms. The predicted molar refractivity (Wildman–Crippen MR) is 68.7 cm³/mol. The fourth-order valence-electron chi connectivity index (χ4n) is 2.22. The number of aromatic nitrogens is 4. The van der Waals surface area contributed by atoms with Crippen molar-refractivity contribution >= 4 is 29.3 Å². The number of nitrogens with zero attached hydrogens (tertiary/aromatic N) is 3. The fourth-order valence-corrected chi connectivity index (χ4v) is 2.47. The number of ether oxygens (including phenoxy) is 1. The van der Waals surface area contributed by atoms with Gasteiger partial charge in [0.05, 0.1) is 19.0 Å². The second kappa shape index (κ2) is 4.53. The zero-order valence-electron chi connectivity index (χ0n) is 9.85. The van der Waals surface area contributed by atoms with Crippen LogP contribution >= 0.6 is 12.2 Å². The van der Waals surface area contributed by atoms with Crippen LogP contribution in [0.2, 0.25) is 0 Å². The van der Waals surface area contributed by atoms with Crippen molar-refractivity contribution in [2.75, 3.05) is 12.3 Å². The highest BCUT2D eigenvalue weighted by molar-refractivity contribution is 7.71. The Balaban J connectivity index is 2.05. The van der Waals surface area contributed by atoms with Crippen molar-refractivity contribution in [1.29, 1.82) is 0 Å². The van der Waals surface area contributed by atoms with Crippen LogP contribution in [-0.4, -0.2) is 48.5 Å². The molecule has 19 heavy (non-hydrogen) atoms. The first kappa shape index (κ1) is 12.5. The molecule has 1 aliphatic heterocycles. The number of imidazole rings is 1. The van der Waals surface area contributed by atoms with Crippen molar-refractivity contribution in [2.45, 2.75) is 24.9 Å². The Bertz CT molecular complexity index is 669. The van der Waals surface area contributed by atoms with E-state index < -0.39 is 18.4 Å². The van der Waals surface area contributed by atoms with Crippen molar-refractivity contribution in [3.8, 4) is 0 Å². The lowest BCUT2D eigenvalue weighted by molar-refractivity contribution is -0.0432. The standard InChI is InChI=1S/C10H13N5O3S/c11-10-13-8-7(9(19)14-10)12-3-15(8)6-1-4(17)5(2-16)18-6/h3-6,16-17H,1-2H2,(H3,11,13,14,19)/t4-,5?,6+/m0/s1. The van der Waals surface area contributed by atoms with Crippen LogP contribution in [0.25, 0.3) is 11.2 Å². The van der Waals surface area contributed by atoms with Gasteiger partial charge in [-0.25, -0.2) is 9.97 Å². The van der Waals surface area contributed by atoms with Crippen molar-refractivity contribution in [2.24, 2.45) is 0 Å². The third-order valence-corrected chi connectivity index (χ3v) is 3.44. The van der Waals surface area contributed by atoms with Gasteiger partial charge in [-0.2, -0.15) is 0 Å². The number of nitrogens with one attached hydrogen (secondary N) is 1. The predicted octanol–water partition coefficient (Wildman–Crippen LogP) is -0.288. The summed E-state index contributed by atoms with van der Waals surface area (Å²) in [5.74, 6) is 0.191. The summed E-state index contributed by atoms with van der Waals surface area (Å²) in [4.78, 5) is 11.0. The van der Waals surface area contributed by atoms with E-state index in [1.54, 1.807) is 10.9 Å². The van der Waals surface area contributed by atoms with E-state index in [0.717, 1.165) is 0 Å². The minimum atomic E-state index is -0.713. The molecule has 1 aliphatic rings. The Hall–Kier alpha value is -1.55. The topological polar surface area (TPSA) is 122 Å². The molecule has 1 fully saturated rings. The first-order valence-corrected chi connectivity index (χ1v) is 6.17. The number of rotatable bonds is 2. The molecule has 0 amide bonds. The molecule has 0 bridgehead atoms. The van der Waals surface area contributed by atoms with Crippen LogP contribution in [0.3, 0.4) is 0 Å². The normalized spacial score (nSPS) is 27.2. The third kappa shape index (κ3) is 2.00. The number of H-pyrrole nitrogens is 1. The van der Waals surface area contributed by atoms with Crippen LogP contribution in [0.4, 0.5) is 5.95 Å². The molecule has 3 atom stereocenters. The number of hydrogen-bond acceptors (Lipinski definition) is 7. The summed E-state index contributed by atoms with van der Waals surface area (Å²) in [6, 6.07) is 0. The second-order valence-electron chi connectivity index (χ2n) is 4.39. The Morgan fingerprint density at radius 1 is 1.63 bits per heavy atom. The van der Waals surface area contributed by atoms with E-state index in [9.17, 15) is 5.11 Å². The lowest BCUT2D eigenvalue weighted by atomic mass is 10.2. The summed E-state index contributed by atoms with van der Waals surface area (Å²) in [6.45, 7) is -0.232. The minimum absolute atomic E-state index is 0.191. The Kier molecular flexibility index (Phi) is 2.97. The Labute approximate surface area is 112 Å². The molecule has 9 heteroatoms. The van der Waals surface area contributed by atoms with E-state index in [1.165, 1.54) is 0 Å². The number of aromatic amines is 1. The zero-order chi connectivity index (χ0) is 13.6. The summed E-state index contributed by atoms with van der Waals surface area (Å²) in [5, 5.41) is 18.8. The van der Waals surface area contributed by atoms with Crippen LogP contribution < -0.4 is 5.73 Å². The number of nitrogens with two attached hydrogens (primary N) is 1. The molecular weight excluding hydrogens is 270 g/mol. The van der Waals surface area contributed by atoms with E-state index in [1.807, 2.05) is 0 Å². The maximum atomic E-state index is 9.75. The monoisotopic (exact) mass is 283 g/mol. The van der Waals surface area contributed by atoms with Gasteiger partial charge in [0.1, 0.15) is 23.5 Å². The van der Waals surface area contributed by atoms with Crippen molar-refractivity contribution < 1.29 is 14.9 Å². The van der Waals surface area contributed by atoms with Crippen molar-refractivity contribution in [3.63, 3.8) is 0 Å². The average molecular weight is 283 g/mol. The Morgan fingerprint density at radius 2 is 2.42 bits per heavy atom. The number of fused-ring (bicyclic) bond motifs is 1. The van der Waals surface area contributed by atoms with Crippen LogP contribution in [0, 0.1) is 4.64 Å². The number of aliphatic hydroxyl groups is 2. The molecule has 5 N–H and O–H groups in total. The number of nitrogen functional groups attached to an aromatic ring is 1. The van der Waals surface area contributed by atoms with Gasteiger partial charge in [-0.3, -0.25) is 4.57 Å². The largest absolute Gasteiger partial charge is 0.394 e. The molecule has 0 aromatic carbocycles. The molecule has 2 aromatic rings. The lowest BCUT2D eigenvalue weighted by Gasteiger charge is -2.13. The maximum absolute atomic E-state index is 9.75. The average Bonchev–Trinajstić information content (AvgIpc) is 2.92. The Morgan fingerprint density at radius 3 is 3.11 bits per heavy atom. The highest BCUT2D eigenvalue weighted by atomic mass is 32.1. The maximum Gasteiger partial charge on any atom is 0.200 e. The van der Waals surface area contributed by atoms with Gasteiger partial charge in [0.15, 0.2) is 10.6 Å². The summed E-state index contributed by atoms with van der Waals surface area (Å²) in [5.41, 5.74) is 6.74. The third-order valence-electron chi connectivity index (χ3n) is 3.16. The molecule has 2 aromatic heterocycles. The van der Waals surface area contributed by atoms with Gasteiger partial charge in [0, 0.05) is 6.42 Å². The molecule has 1 saturated heterocycles.